The number of nitrogens with one attached hydrogen (secondary N) is 1. The van der Waals surface area contributed by atoms with Crippen LogP contribution in [0.5, 0.6) is 0 Å². The van der Waals surface area contributed by atoms with E-state index in [1.54, 1.807) is 0 Å². The third-order valence-corrected chi connectivity index (χ3v) is 5.26. The standard InChI is InChI=1S/C22H33N3O3/c1-18(27)16-28-19(2)24-14-11-21(12-15-24)25(17-26)13-7-6-9-20-8-4-5-10-22(20)23-3/h4-5,8,10,17,21,23H,2,6-7,9,11-16H2,1,3H3. The van der Waals surface area contributed by atoms with Crippen molar-refractivity contribution in [2.24, 2.45) is 0 Å². The third-order valence-electron chi connectivity index (χ3n) is 5.26. The zero-order chi connectivity index (χ0) is 20.4. The normalized spacial score (nSPS) is 14.4. The molecule has 1 aliphatic heterocycles. The number of hydrogen-bond acceptors (Lipinski definition) is 5. The Labute approximate surface area is 168 Å². The van der Waals surface area contributed by atoms with Crippen LogP contribution in [0, 0.1) is 0 Å². The van der Waals surface area contributed by atoms with E-state index in [1.165, 1.54) is 18.2 Å². The van der Waals surface area contributed by atoms with Crippen molar-refractivity contribution >= 4 is 17.9 Å². The van der Waals surface area contributed by atoms with Gasteiger partial charge in [-0.05, 0) is 57.2 Å². The number of carbonyl (C=O) groups is 2. The van der Waals surface area contributed by atoms with E-state index in [9.17, 15) is 9.59 Å². The molecule has 0 unspecified atom stereocenters. The van der Waals surface area contributed by atoms with Crippen molar-refractivity contribution in [1.29, 1.82) is 0 Å². The van der Waals surface area contributed by atoms with Gasteiger partial charge < -0.3 is 19.9 Å². The fourth-order valence-corrected chi connectivity index (χ4v) is 3.64. The molecule has 0 radical (unpaired) electrons. The van der Waals surface area contributed by atoms with Crippen LogP contribution in [0.3, 0.4) is 0 Å². The van der Waals surface area contributed by atoms with Crippen molar-refractivity contribution in [2.45, 2.75) is 45.1 Å². The van der Waals surface area contributed by atoms with E-state index in [0.29, 0.717) is 5.88 Å². The number of aryl methyl sites for hydroxylation is 1. The number of Topliss-reactive ketones (excluding diaryl/α,β-unsaturated/α-hetero) is 1. The molecule has 1 amide bonds. The molecule has 0 spiro atoms. The highest BCUT2D eigenvalue weighted by Gasteiger charge is 2.24. The maximum Gasteiger partial charge on any atom is 0.209 e. The quantitative estimate of drug-likeness (QED) is 0.339. The van der Waals surface area contributed by atoms with Gasteiger partial charge in [0, 0.05) is 38.4 Å². The number of amides is 1. The van der Waals surface area contributed by atoms with Crippen molar-refractivity contribution in [2.75, 3.05) is 38.6 Å². The lowest BCUT2D eigenvalue weighted by atomic mass is 10.0. The van der Waals surface area contributed by atoms with Crippen LogP contribution in [0.1, 0.15) is 38.2 Å². The van der Waals surface area contributed by atoms with Gasteiger partial charge in [0.25, 0.3) is 0 Å². The number of likely N-dealkylation sites (tertiary alicyclic amines) is 1. The third kappa shape index (κ3) is 6.59. The largest absolute Gasteiger partial charge is 0.472 e. The minimum absolute atomic E-state index is 0.0134. The van der Waals surface area contributed by atoms with Gasteiger partial charge in [-0.15, -0.1) is 0 Å². The predicted octanol–water partition coefficient (Wildman–Crippen LogP) is 3.05. The molecular formula is C22H33N3O3. The molecule has 1 saturated heterocycles. The topological polar surface area (TPSA) is 61.9 Å². The molecule has 0 aliphatic carbocycles. The summed E-state index contributed by atoms with van der Waals surface area (Å²) in [4.78, 5) is 26.6. The van der Waals surface area contributed by atoms with Gasteiger partial charge in [0.1, 0.15) is 6.61 Å². The summed E-state index contributed by atoms with van der Waals surface area (Å²) < 4.78 is 5.40. The fraction of sp³-hybridized carbons (Fsp3) is 0.545. The SMILES string of the molecule is C=C(OCC(C)=O)N1CCC(N(C=O)CCCCc2ccccc2NC)CC1. The summed E-state index contributed by atoms with van der Waals surface area (Å²) in [6.07, 6.45) is 5.83. The maximum absolute atomic E-state index is 11.6. The highest BCUT2D eigenvalue weighted by Crippen LogP contribution is 2.20. The minimum Gasteiger partial charge on any atom is -0.472 e. The molecule has 0 atom stereocenters. The first kappa shape index (κ1) is 21.8. The lowest BCUT2D eigenvalue weighted by Crippen LogP contribution is -2.44. The molecule has 154 valence electrons. The van der Waals surface area contributed by atoms with Crippen LogP contribution < -0.4 is 5.32 Å². The molecule has 1 aliphatic rings. The lowest BCUT2D eigenvalue weighted by molar-refractivity contribution is -0.123. The number of carbonyl (C=O) groups excluding carboxylic acids is 2. The number of para-hydroxylation sites is 1. The average molecular weight is 388 g/mol. The molecule has 0 bridgehead atoms. The molecule has 6 heteroatoms. The molecule has 1 aromatic rings. The van der Waals surface area contributed by atoms with Gasteiger partial charge in [-0.25, -0.2) is 0 Å². The molecule has 1 aromatic carbocycles. The number of ether oxygens (including phenoxy) is 1. The highest BCUT2D eigenvalue weighted by atomic mass is 16.5. The molecule has 0 aromatic heterocycles. The molecule has 6 nitrogen and oxygen atoms in total. The number of benzene rings is 1. The fourth-order valence-electron chi connectivity index (χ4n) is 3.64. The Balaban J connectivity index is 1.71. The van der Waals surface area contributed by atoms with Gasteiger partial charge in [-0.1, -0.05) is 18.2 Å². The predicted molar refractivity (Wildman–Crippen MR) is 112 cm³/mol. The molecule has 1 N–H and O–H groups in total. The monoisotopic (exact) mass is 387 g/mol. The Morgan fingerprint density at radius 1 is 1.32 bits per heavy atom. The molecule has 0 saturated carbocycles. The van der Waals surface area contributed by atoms with E-state index >= 15 is 0 Å². The Morgan fingerprint density at radius 2 is 2.04 bits per heavy atom. The van der Waals surface area contributed by atoms with Gasteiger partial charge in [0.05, 0.1) is 0 Å². The van der Waals surface area contributed by atoms with E-state index in [0.717, 1.165) is 58.1 Å². The number of nitrogens with zero attached hydrogens (tertiary/aromatic N) is 2. The summed E-state index contributed by atoms with van der Waals surface area (Å²) in [6, 6.07) is 8.61. The second-order valence-corrected chi connectivity index (χ2v) is 7.31. The van der Waals surface area contributed by atoms with Crippen LogP contribution >= 0.6 is 0 Å². The Kier molecular flexibility index (Phi) is 8.85. The Morgan fingerprint density at radius 3 is 2.68 bits per heavy atom. The first-order valence-electron chi connectivity index (χ1n) is 10.1. The number of anilines is 1. The second-order valence-electron chi connectivity index (χ2n) is 7.31. The van der Waals surface area contributed by atoms with Gasteiger partial charge in [0.2, 0.25) is 6.41 Å². The zero-order valence-electron chi connectivity index (χ0n) is 17.2. The van der Waals surface area contributed by atoms with Gasteiger partial charge in [-0.2, -0.15) is 0 Å². The smallest absolute Gasteiger partial charge is 0.209 e. The highest BCUT2D eigenvalue weighted by molar-refractivity contribution is 5.76. The Bertz CT molecular complexity index is 654. The van der Waals surface area contributed by atoms with Gasteiger partial charge >= 0.3 is 0 Å². The van der Waals surface area contributed by atoms with Crippen molar-refractivity contribution in [3.05, 3.63) is 42.3 Å². The lowest BCUT2D eigenvalue weighted by Gasteiger charge is -2.38. The summed E-state index contributed by atoms with van der Waals surface area (Å²) in [5.74, 6) is 0.537. The number of ketones is 1. The van der Waals surface area contributed by atoms with Gasteiger partial charge in [0.15, 0.2) is 11.7 Å². The number of unbranched alkanes of at least 4 members (excludes halogenated alkanes) is 1. The number of hydrogen-bond donors (Lipinski definition) is 1. The number of rotatable bonds is 12. The average Bonchev–Trinajstić information content (AvgIpc) is 2.72. The number of piperidine rings is 1. The van der Waals surface area contributed by atoms with E-state index in [-0.39, 0.29) is 18.4 Å². The van der Waals surface area contributed by atoms with Crippen LogP contribution in [-0.4, -0.2) is 61.3 Å². The molecule has 1 heterocycles. The van der Waals surface area contributed by atoms with Crippen molar-refractivity contribution in [1.82, 2.24) is 9.80 Å². The van der Waals surface area contributed by atoms with Crippen LogP contribution in [-0.2, 0) is 20.7 Å². The minimum atomic E-state index is -0.0134. The van der Waals surface area contributed by atoms with Crippen LogP contribution in [0.15, 0.2) is 36.7 Å². The first-order valence-corrected chi connectivity index (χ1v) is 10.1. The maximum atomic E-state index is 11.6. The summed E-state index contributed by atoms with van der Waals surface area (Å²) in [7, 11) is 1.94. The summed E-state index contributed by atoms with van der Waals surface area (Å²) in [5.41, 5.74) is 2.49. The first-order chi connectivity index (χ1) is 13.5. The summed E-state index contributed by atoms with van der Waals surface area (Å²) >= 11 is 0. The van der Waals surface area contributed by atoms with E-state index in [1.807, 2.05) is 18.0 Å². The Hall–Kier alpha value is -2.50. The summed E-state index contributed by atoms with van der Waals surface area (Å²) in [5, 5.41) is 3.23. The van der Waals surface area contributed by atoms with Crippen molar-refractivity contribution in [3.8, 4) is 0 Å². The molecule has 28 heavy (non-hydrogen) atoms. The zero-order valence-corrected chi connectivity index (χ0v) is 17.2. The van der Waals surface area contributed by atoms with E-state index in [4.69, 9.17) is 4.74 Å². The second kappa shape index (κ2) is 11.4. The van der Waals surface area contributed by atoms with Crippen molar-refractivity contribution in [3.63, 3.8) is 0 Å². The molecule has 1 fully saturated rings. The van der Waals surface area contributed by atoms with Crippen LogP contribution in [0.4, 0.5) is 5.69 Å². The molecule has 2 rings (SSSR count). The van der Waals surface area contributed by atoms with E-state index < -0.39 is 0 Å². The van der Waals surface area contributed by atoms with Crippen LogP contribution in [0.25, 0.3) is 0 Å². The van der Waals surface area contributed by atoms with Crippen LogP contribution in [0.2, 0.25) is 0 Å². The molecular weight excluding hydrogens is 354 g/mol. The summed E-state index contributed by atoms with van der Waals surface area (Å²) in [6.45, 7) is 7.85. The van der Waals surface area contributed by atoms with Gasteiger partial charge in [-0.3, -0.25) is 9.59 Å². The van der Waals surface area contributed by atoms with Crippen molar-refractivity contribution < 1.29 is 14.3 Å². The van der Waals surface area contributed by atoms with E-state index in [2.05, 4.69) is 35.0 Å².